The highest BCUT2D eigenvalue weighted by molar-refractivity contribution is 6.32. The zero-order valence-corrected chi connectivity index (χ0v) is 14.0. The van der Waals surface area contributed by atoms with E-state index in [1.54, 1.807) is 6.20 Å². The van der Waals surface area contributed by atoms with Crippen molar-refractivity contribution in [1.29, 1.82) is 0 Å². The Balaban J connectivity index is 1.57. The molecular weight excluding hydrogens is 298 g/mol. The number of nitrogens with one attached hydrogen (secondary N) is 2. The van der Waals surface area contributed by atoms with Gasteiger partial charge in [-0.2, -0.15) is 0 Å². The number of rotatable bonds is 4. The normalized spacial score (nSPS) is 27.9. The zero-order chi connectivity index (χ0) is 15.5. The average Bonchev–Trinajstić information content (AvgIpc) is 2.99. The lowest BCUT2D eigenvalue weighted by atomic mass is 10.3. The zero-order valence-electron chi connectivity index (χ0n) is 13.2. The Labute approximate surface area is 137 Å². The fourth-order valence-corrected chi connectivity index (χ4v) is 3.10. The standard InChI is InChI=1S/C16H24ClN5/c1-3-18-16(21-14-9-11(14)2)20-12-6-8-22(10-12)15-13(17)5-4-7-19-15/h4-5,7,11-12,14H,3,6,8-10H2,1-2H3,(H2,18,20,21). The Morgan fingerprint density at radius 1 is 1.50 bits per heavy atom. The molecule has 2 heterocycles. The van der Waals surface area contributed by atoms with Crippen LogP contribution in [0.25, 0.3) is 0 Å². The second-order valence-corrected chi connectivity index (χ2v) is 6.58. The van der Waals surface area contributed by atoms with Crippen LogP contribution in [0, 0.1) is 5.92 Å². The van der Waals surface area contributed by atoms with E-state index in [0.29, 0.717) is 12.1 Å². The highest BCUT2D eigenvalue weighted by Crippen LogP contribution is 2.29. The van der Waals surface area contributed by atoms with Gasteiger partial charge in [0.25, 0.3) is 0 Å². The second kappa shape index (κ2) is 6.73. The van der Waals surface area contributed by atoms with Crippen molar-refractivity contribution in [2.45, 2.75) is 38.8 Å². The van der Waals surface area contributed by atoms with Crippen LogP contribution in [-0.4, -0.2) is 42.7 Å². The van der Waals surface area contributed by atoms with E-state index in [-0.39, 0.29) is 0 Å². The maximum Gasteiger partial charge on any atom is 0.191 e. The second-order valence-electron chi connectivity index (χ2n) is 6.17. The first kappa shape index (κ1) is 15.4. The minimum Gasteiger partial charge on any atom is -0.353 e. The van der Waals surface area contributed by atoms with Gasteiger partial charge in [-0.3, -0.25) is 4.99 Å². The molecule has 5 nitrogen and oxygen atoms in total. The fourth-order valence-electron chi connectivity index (χ4n) is 2.86. The number of nitrogens with zero attached hydrogens (tertiary/aromatic N) is 3. The lowest BCUT2D eigenvalue weighted by Gasteiger charge is -2.20. The van der Waals surface area contributed by atoms with Gasteiger partial charge in [-0.25, -0.2) is 4.98 Å². The lowest BCUT2D eigenvalue weighted by Crippen LogP contribution is -2.45. The Bertz CT molecular complexity index is 547. The van der Waals surface area contributed by atoms with Gasteiger partial charge in [-0.05, 0) is 37.8 Å². The van der Waals surface area contributed by atoms with Gasteiger partial charge in [0.15, 0.2) is 5.96 Å². The summed E-state index contributed by atoms with van der Waals surface area (Å²) in [6.45, 7) is 6.99. The number of hydrogen-bond acceptors (Lipinski definition) is 3. The van der Waals surface area contributed by atoms with Crippen molar-refractivity contribution < 1.29 is 0 Å². The van der Waals surface area contributed by atoms with E-state index in [1.807, 2.05) is 12.1 Å². The predicted octanol–water partition coefficient (Wildman–Crippen LogP) is 2.28. The molecule has 1 aliphatic heterocycles. The molecule has 3 unspecified atom stereocenters. The molecule has 22 heavy (non-hydrogen) atoms. The molecule has 2 fully saturated rings. The minimum atomic E-state index is 0.380. The van der Waals surface area contributed by atoms with Gasteiger partial charge in [0.1, 0.15) is 5.82 Å². The molecule has 1 saturated carbocycles. The molecule has 120 valence electrons. The van der Waals surface area contributed by atoms with Gasteiger partial charge in [-0.15, -0.1) is 0 Å². The Kier molecular flexibility index (Phi) is 4.71. The van der Waals surface area contributed by atoms with Gasteiger partial charge in [-0.1, -0.05) is 18.5 Å². The summed E-state index contributed by atoms with van der Waals surface area (Å²) in [5.41, 5.74) is 0. The van der Waals surface area contributed by atoms with E-state index in [4.69, 9.17) is 11.6 Å². The summed E-state index contributed by atoms with van der Waals surface area (Å²) in [7, 11) is 0. The number of aromatic nitrogens is 1. The highest BCUT2D eigenvalue weighted by Gasteiger charge is 2.34. The van der Waals surface area contributed by atoms with E-state index in [9.17, 15) is 0 Å². The number of anilines is 1. The van der Waals surface area contributed by atoms with E-state index in [1.165, 1.54) is 6.42 Å². The average molecular weight is 322 g/mol. The van der Waals surface area contributed by atoms with Crippen LogP contribution in [0.5, 0.6) is 0 Å². The molecular formula is C16H24ClN5. The maximum absolute atomic E-state index is 6.24. The van der Waals surface area contributed by atoms with Crippen LogP contribution in [-0.2, 0) is 0 Å². The lowest BCUT2D eigenvalue weighted by molar-refractivity contribution is 0.641. The molecule has 3 rings (SSSR count). The van der Waals surface area contributed by atoms with Crippen LogP contribution in [0.4, 0.5) is 5.82 Å². The molecule has 0 spiro atoms. The van der Waals surface area contributed by atoms with Crippen LogP contribution in [0.15, 0.2) is 23.3 Å². The summed E-state index contributed by atoms with van der Waals surface area (Å²) < 4.78 is 0. The first-order valence-corrected chi connectivity index (χ1v) is 8.48. The molecule has 3 atom stereocenters. The molecule has 2 aliphatic rings. The largest absolute Gasteiger partial charge is 0.353 e. The van der Waals surface area contributed by atoms with Crippen molar-refractivity contribution >= 4 is 23.4 Å². The molecule has 1 aromatic rings. The Morgan fingerprint density at radius 3 is 3.00 bits per heavy atom. The summed E-state index contributed by atoms with van der Waals surface area (Å²) in [5, 5.41) is 7.79. The Hall–Kier alpha value is -1.49. The van der Waals surface area contributed by atoms with Crippen LogP contribution in [0.2, 0.25) is 5.02 Å². The molecule has 0 aromatic carbocycles. The number of aliphatic imine (C=N–C) groups is 1. The number of halogens is 1. The van der Waals surface area contributed by atoms with Gasteiger partial charge < -0.3 is 15.5 Å². The monoisotopic (exact) mass is 321 g/mol. The van der Waals surface area contributed by atoms with E-state index < -0.39 is 0 Å². The van der Waals surface area contributed by atoms with Gasteiger partial charge >= 0.3 is 0 Å². The highest BCUT2D eigenvalue weighted by atomic mass is 35.5. The first-order valence-electron chi connectivity index (χ1n) is 8.10. The van der Waals surface area contributed by atoms with Crippen molar-refractivity contribution in [2.24, 2.45) is 10.9 Å². The molecule has 0 bridgehead atoms. The van der Waals surface area contributed by atoms with Crippen LogP contribution < -0.4 is 15.5 Å². The summed E-state index contributed by atoms with van der Waals surface area (Å²) in [4.78, 5) is 11.2. The summed E-state index contributed by atoms with van der Waals surface area (Å²) >= 11 is 6.24. The molecule has 6 heteroatoms. The number of pyridine rings is 1. The predicted molar refractivity (Wildman–Crippen MR) is 91.7 cm³/mol. The summed E-state index contributed by atoms with van der Waals surface area (Å²) in [6.07, 6.45) is 4.10. The first-order chi connectivity index (χ1) is 10.7. The number of hydrogen-bond donors (Lipinski definition) is 2. The fraction of sp³-hybridized carbons (Fsp3) is 0.625. The topological polar surface area (TPSA) is 52.6 Å². The third-order valence-corrected chi connectivity index (χ3v) is 4.61. The molecule has 0 amide bonds. The minimum absolute atomic E-state index is 0.380. The van der Waals surface area contributed by atoms with Crippen molar-refractivity contribution in [3.8, 4) is 0 Å². The van der Waals surface area contributed by atoms with Gasteiger partial charge in [0.05, 0.1) is 5.02 Å². The molecule has 1 saturated heterocycles. The smallest absolute Gasteiger partial charge is 0.191 e. The molecule has 2 N–H and O–H groups in total. The van der Waals surface area contributed by atoms with Gasteiger partial charge in [0, 0.05) is 37.9 Å². The molecule has 0 radical (unpaired) electrons. The van der Waals surface area contributed by atoms with Crippen LogP contribution in [0.3, 0.4) is 0 Å². The van der Waals surface area contributed by atoms with Crippen molar-refractivity contribution in [3.05, 3.63) is 23.4 Å². The Morgan fingerprint density at radius 2 is 2.32 bits per heavy atom. The van der Waals surface area contributed by atoms with E-state index >= 15 is 0 Å². The van der Waals surface area contributed by atoms with Gasteiger partial charge in [0.2, 0.25) is 0 Å². The SMILES string of the molecule is CCN=C(NC1CCN(c2ncccc2Cl)C1)NC1CC1C. The summed E-state index contributed by atoms with van der Waals surface area (Å²) in [5.74, 6) is 2.58. The third kappa shape index (κ3) is 3.64. The van der Waals surface area contributed by atoms with E-state index in [0.717, 1.165) is 48.8 Å². The van der Waals surface area contributed by atoms with Crippen LogP contribution in [0.1, 0.15) is 26.7 Å². The van der Waals surface area contributed by atoms with E-state index in [2.05, 4.69) is 39.4 Å². The van der Waals surface area contributed by atoms with Crippen LogP contribution >= 0.6 is 11.6 Å². The quantitative estimate of drug-likeness (QED) is 0.660. The number of guanidine groups is 1. The van der Waals surface area contributed by atoms with Crippen molar-refractivity contribution in [2.75, 3.05) is 24.5 Å². The third-order valence-electron chi connectivity index (χ3n) is 4.32. The summed E-state index contributed by atoms with van der Waals surface area (Å²) in [6, 6.07) is 4.72. The molecule has 1 aromatic heterocycles. The molecule has 1 aliphatic carbocycles. The van der Waals surface area contributed by atoms with Crippen molar-refractivity contribution in [1.82, 2.24) is 15.6 Å². The maximum atomic E-state index is 6.24. The van der Waals surface area contributed by atoms with Crippen molar-refractivity contribution in [3.63, 3.8) is 0 Å².